The molecule has 3 aromatic rings. The summed E-state index contributed by atoms with van der Waals surface area (Å²) in [6.07, 6.45) is -1.09. The van der Waals surface area contributed by atoms with E-state index in [0.29, 0.717) is 18.7 Å². The standard InChI is InChI=1S/C24H23F3N4O4/c25-24(26,27)18-11-17(21(32)28-7-10-31-8-1-2-9-31)12-19(13-18)30-23-29-14-20(35-23)15-3-5-16(6-4-15)22(33)34/h3-6,11-14H,1-2,7-10H2,(H,28,32)(H,29,30)(H,33,34). The largest absolute Gasteiger partial charge is 0.478 e. The Hall–Kier alpha value is -3.86. The minimum Gasteiger partial charge on any atom is -0.478 e. The van der Waals surface area contributed by atoms with Gasteiger partial charge in [0.1, 0.15) is 0 Å². The Kier molecular flexibility index (Phi) is 7.06. The molecular formula is C24H23F3N4O4. The molecule has 0 spiro atoms. The van der Waals surface area contributed by atoms with Crippen molar-refractivity contribution in [1.29, 1.82) is 0 Å². The molecule has 0 aliphatic carbocycles. The molecule has 1 aromatic heterocycles. The second-order valence-electron chi connectivity index (χ2n) is 8.14. The number of nitrogens with zero attached hydrogens (tertiary/aromatic N) is 2. The number of benzene rings is 2. The number of oxazole rings is 1. The number of amides is 1. The molecule has 184 valence electrons. The van der Waals surface area contributed by atoms with E-state index in [-0.39, 0.29) is 28.6 Å². The fraction of sp³-hybridized carbons (Fsp3) is 0.292. The number of halogens is 3. The molecule has 0 unspecified atom stereocenters. The predicted octanol–water partition coefficient (Wildman–Crippen LogP) is 4.63. The number of carbonyl (C=O) groups is 2. The van der Waals surface area contributed by atoms with Crippen molar-refractivity contribution in [3.63, 3.8) is 0 Å². The number of hydrogen-bond acceptors (Lipinski definition) is 6. The number of aromatic carboxylic acids is 1. The third-order valence-electron chi connectivity index (χ3n) is 5.61. The van der Waals surface area contributed by atoms with Gasteiger partial charge in [-0.15, -0.1) is 0 Å². The van der Waals surface area contributed by atoms with Gasteiger partial charge in [0.05, 0.1) is 17.3 Å². The van der Waals surface area contributed by atoms with E-state index in [1.807, 2.05) is 0 Å². The molecule has 0 saturated carbocycles. The molecule has 2 heterocycles. The minimum atomic E-state index is -4.66. The molecule has 1 aliphatic rings. The number of rotatable bonds is 8. The monoisotopic (exact) mass is 488 g/mol. The van der Waals surface area contributed by atoms with Gasteiger partial charge in [0.25, 0.3) is 11.9 Å². The smallest absolute Gasteiger partial charge is 0.416 e. The Morgan fingerprint density at radius 2 is 1.77 bits per heavy atom. The highest BCUT2D eigenvalue weighted by molar-refractivity contribution is 5.95. The molecular weight excluding hydrogens is 465 g/mol. The zero-order valence-corrected chi connectivity index (χ0v) is 18.6. The molecule has 1 fully saturated rings. The molecule has 8 nitrogen and oxygen atoms in total. The molecule has 1 amide bonds. The van der Waals surface area contributed by atoms with Crippen molar-refractivity contribution in [2.75, 3.05) is 31.5 Å². The number of carboxylic acid groups (broad SMARTS) is 1. The van der Waals surface area contributed by atoms with Crippen LogP contribution in [0.25, 0.3) is 11.3 Å². The number of carboxylic acids is 1. The fourth-order valence-corrected chi connectivity index (χ4v) is 3.80. The van der Waals surface area contributed by atoms with Gasteiger partial charge in [-0.3, -0.25) is 4.79 Å². The van der Waals surface area contributed by atoms with Gasteiger partial charge in [-0.05, 0) is 56.3 Å². The lowest BCUT2D eigenvalue weighted by molar-refractivity contribution is -0.137. The van der Waals surface area contributed by atoms with Crippen LogP contribution in [0.1, 0.15) is 39.1 Å². The van der Waals surface area contributed by atoms with E-state index in [9.17, 15) is 22.8 Å². The summed E-state index contributed by atoms with van der Waals surface area (Å²) in [6.45, 7) is 2.88. The lowest BCUT2D eigenvalue weighted by Gasteiger charge is -2.16. The number of alkyl halides is 3. The number of nitrogens with one attached hydrogen (secondary N) is 2. The van der Waals surface area contributed by atoms with Crippen LogP contribution in [-0.2, 0) is 6.18 Å². The number of likely N-dealkylation sites (tertiary alicyclic amines) is 1. The number of aromatic nitrogens is 1. The van der Waals surface area contributed by atoms with Crippen LogP contribution in [0.2, 0.25) is 0 Å². The summed E-state index contributed by atoms with van der Waals surface area (Å²) in [6, 6.07) is 8.75. The normalized spacial score (nSPS) is 14.1. The molecule has 3 N–H and O–H groups in total. The molecule has 11 heteroatoms. The Labute approximate surface area is 198 Å². The quantitative estimate of drug-likeness (QED) is 0.424. The van der Waals surface area contributed by atoms with Gasteiger partial charge in [-0.1, -0.05) is 12.1 Å². The zero-order valence-electron chi connectivity index (χ0n) is 18.6. The molecule has 1 aliphatic heterocycles. The maximum absolute atomic E-state index is 13.5. The van der Waals surface area contributed by atoms with Gasteiger partial charge in [0.2, 0.25) is 0 Å². The first-order valence-electron chi connectivity index (χ1n) is 11.0. The average molecular weight is 488 g/mol. The van der Waals surface area contributed by atoms with E-state index in [4.69, 9.17) is 9.52 Å². The van der Waals surface area contributed by atoms with E-state index < -0.39 is 23.6 Å². The highest BCUT2D eigenvalue weighted by atomic mass is 19.4. The van der Waals surface area contributed by atoms with Crippen LogP contribution in [0, 0.1) is 0 Å². The van der Waals surface area contributed by atoms with Gasteiger partial charge < -0.3 is 25.1 Å². The van der Waals surface area contributed by atoms with Crippen molar-refractivity contribution >= 4 is 23.6 Å². The minimum absolute atomic E-state index is 0.0147. The van der Waals surface area contributed by atoms with E-state index in [1.54, 1.807) is 0 Å². The molecule has 35 heavy (non-hydrogen) atoms. The van der Waals surface area contributed by atoms with Gasteiger partial charge in [-0.2, -0.15) is 13.2 Å². The van der Waals surface area contributed by atoms with Crippen molar-refractivity contribution in [3.05, 3.63) is 65.4 Å². The summed E-state index contributed by atoms with van der Waals surface area (Å²) in [5.41, 5.74) is -0.498. The molecule has 0 bridgehead atoms. The van der Waals surface area contributed by atoms with Crippen LogP contribution in [0.15, 0.2) is 53.1 Å². The van der Waals surface area contributed by atoms with E-state index in [1.165, 1.54) is 36.5 Å². The topological polar surface area (TPSA) is 108 Å². The van der Waals surface area contributed by atoms with Crippen molar-refractivity contribution in [3.8, 4) is 11.3 Å². The van der Waals surface area contributed by atoms with Crippen LogP contribution in [0.3, 0.4) is 0 Å². The van der Waals surface area contributed by atoms with Crippen molar-refractivity contribution in [2.24, 2.45) is 0 Å². The van der Waals surface area contributed by atoms with Crippen LogP contribution in [0.4, 0.5) is 24.9 Å². The van der Waals surface area contributed by atoms with Crippen LogP contribution in [-0.4, -0.2) is 53.0 Å². The maximum atomic E-state index is 13.5. The third kappa shape index (κ3) is 6.18. The zero-order chi connectivity index (χ0) is 25.0. The third-order valence-corrected chi connectivity index (χ3v) is 5.61. The molecule has 0 radical (unpaired) electrons. The van der Waals surface area contributed by atoms with E-state index >= 15 is 0 Å². The first-order valence-corrected chi connectivity index (χ1v) is 11.0. The van der Waals surface area contributed by atoms with Gasteiger partial charge in [-0.25, -0.2) is 9.78 Å². The SMILES string of the molecule is O=C(O)c1ccc(-c2cnc(Nc3cc(C(=O)NCCN4CCCC4)cc(C(F)(F)F)c3)o2)cc1. The Bertz CT molecular complexity index is 1200. The summed E-state index contributed by atoms with van der Waals surface area (Å²) in [4.78, 5) is 29.8. The number of hydrogen-bond donors (Lipinski definition) is 3. The van der Waals surface area contributed by atoms with Gasteiger partial charge in [0, 0.05) is 29.9 Å². The van der Waals surface area contributed by atoms with Crippen molar-refractivity contribution in [2.45, 2.75) is 19.0 Å². The Morgan fingerprint density at radius 1 is 1.06 bits per heavy atom. The lowest BCUT2D eigenvalue weighted by atomic mass is 10.1. The van der Waals surface area contributed by atoms with Crippen LogP contribution in [0.5, 0.6) is 0 Å². The Morgan fingerprint density at radius 3 is 2.43 bits per heavy atom. The predicted molar refractivity (Wildman–Crippen MR) is 122 cm³/mol. The molecule has 0 atom stereocenters. The summed E-state index contributed by atoms with van der Waals surface area (Å²) in [5, 5.41) is 14.3. The van der Waals surface area contributed by atoms with Gasteiger partial charge >= 0.3 is 12.1 Å². The van der Waals surface area contributed by atoms with Crippen LogP contribution >= 0.6 is 0 Å². The van der Waals surface area contributed by atoms with Crippen molar-refractivity contribution < 1.29 is 32.3 Å². The van der Waals surface area contributed by atoms with E-state index in [0.717, 1.165) is 38.1 Å². The lowest BCUT2D eigenvalue weighted by Crippen LogP contribution is -2.33. The summed E-state index contributed by atoms with van der Waals surface area (Å²) in [7, 11) is 0. The van der Waals surface area contributed by atoms with E-state index in [2.05, 4.69) is 20.5 Å². The number of anilines is 2. The molecule has 2 aromatic carbocycles. The summed E-state index contributed by atoms with van der Waals surface area (Å²) >= 11 is 0. The highest BCUT2D eigenvalue weighted by Gasteiger charge is 2.32. The highest BCUT2D eigenvalue weighted by Crippen LogP contribution is 2.33. The molecule has 1 saturated heterocycles. The van der Waals surface area contributed by atoms with Crippen LogP contribution < -0.4 is 10.6 Å². The Balaban J connectivity index is 1.49. The fourth-order valence-electron chi connectivity index (χ4n) is 3.80. The summed E-state index contributed by atoms with van der Waals surface area (Å²) < 4.78 is 46.0. The summed E-state index contributed by atoms with van der Waals surface area (Å²) in [5.74, 6) is -1.39. The second-order valence-corrected chi connectivity index (χ2v) is 8.14. The number of carbonyl (C=O) groups excluding carboxylic acids is 1. The van der Waals surface area contributed by atoms with Gasteiger partial charge in [0.15, 0.2) is 5.76 Å². The first kappa shape index (κ1) is 24.3. The first-order chi connectivity index (χ1) is 16.7. The molecule has 4 rings (SSSR count). The maximum Gasteiger partial charge on any atom is 0.416 e. The average Bonchev–Trinajstić information content (AvgIpc) is 3.51. The second kappa shape index (κ2) is 10.2. The van der Waals surface area contributed by atoms with Crippen molar-refractivity contribution in [1.82, 2.24) is 15.2 Å².